The number of benzene rings is 2. The van der Waals surface area contributed by atoms with Gasteiger partial charge in [0.15, 0.2) is 5.78 Å². The third-order valence-corrected chi connectivity index (χ3v) is 3.23. The predicted molar refractivity (Wildman–Crippen MR) is 86.2 cm³/mol. The zero-order valence-electron chi connectivity index (χ0n) is 12.7. The maximum Gasteiger partial charge on any atom is 0.411 e. The van der Waals surface area contributed by atoms with Crippen LogP contribution in [0, 0.1) is 11.3 Å². The van der Waals surface area contributed by atoms with Crippen LogP contribution in [0.1, 0.15) is 28.8 Å². The smallest absolute Gasteiger partial charge is 0.411 e. The van der Waals surface area contributed by atoms with Gasteiger partial charge in [-0.2, -0.15) is 5.26 Å². The van der Waals surface area contributed by atoms with Crippen LogP contribution in [0.3, 0.4) is 0 Å². The topological polar surface area (TPSA) is 79.2 Å². The van der Waals surface area contributed by atoms with E-state index in [-0.39, 0.29) is 18.0 Å². The highest BCUT2D eigenvalue weighted by Crippen LogP contribution is 2.25. The summed E-state index contributed by atoms with van der Waals surface area (Å²) in [5, 5.41) is 11.9. The van der Waals surface area contributed by atoms with E-state index in [4.69, 9.17) is 4.74 Å². The number of hydrogen-bond acceptors (Lipinski definition) is 4. The summed E-state index contributed by atoms with van der Waals surface area (Å²) in [4.78, 5) is 24.3. The van der Waals surface area contributed by atoms with E-state index in [1.807, 2.05) is 12.1 Å². The van der Waals surface area contributed by atoms with Gasteiger partial charge in [0.25, 0.3) is 0 Å². The summed E-state index contributed by atoms with van der Waals surface area (Å²) in [7, 11) is 0. The number of carbonyl (C=O) groups excluding carboxylic acids is 2. The number of nitrogens with zero attached hydrogens (tertiary/aromatic N) is 1. The van der Waals surface area contributed by atoms with E-state index in [0.717, 1.165) is 0 Å². The highest BCUT2D eigenvalue weighted by atomic mass is 16.5. The third-order valence-electron chi connectivity index (χ3n) is 3.23. The second-order valence-corrected chi connectivity index (χ2v) is 4.73. The van der Waals surface area contributed by atoms with Crippen molar-refractivity contribution >= 4 is 17.6 Å². The lowest BCUT2D eigenvalue weighted by molar-refractivity contribution is 0.0979. The number of ether oxygens (including phenoxy) is 1. The minimum atomic E-state index is -0.929. The zero-order valence-corrected chi connectivity index (χ0v) is 12.7. The zero-order chi connectivity index (χ0) is 16.7. The highest BCUT2D eigenvalue weighted by Gasteiger charge is 2.24. The summed E-state index contributed by atoms with van der Waals surface area (Å²) in [6.07, 6.45) is -0.638. The van der Waals surface area contributed by atoms with E-state index in [9.17, 15) is 14.9 Å². The molecule has 5 nitrogen and oxygen atoms in total. The van der Waals surface area contributed by atoms with Gasteiger partial charge < -0.3 is 4.74 Å². The Kier molecular flexibility index (Phi) is 5.48. The van der Waals surface area contributed by atoms with Crippen molar-refractivity contribution in [3.63, 3.8) is 0 Å². The van der Waals surface area contributed by atoms with Crippen molar-refractivity contribution in [1.82, 2.24) is 0 Å². The lowest BCUT2D eigenvalue weighted by atomic mass is 9.91. The fraction of sp³-hybridized carbons (Fsp3) is 0.167. The predicted octanol–water partition coefficient (Wildman–Crippen LogP) is 3.75. The Labute approximate surface area is 134 Å². The summed E-state index contributed by atoms with van der Waals surface area (Å²) < 4.78 is 4.83. The highest BCUT2D eigenvalue weighted by molar-refractivity contribution is 6.08. The summed E-state index contributed by atoms with van der Waals surface area (Å²) in [6, 6.07) is 17.4. The molecule has 0 bridgehead atoms. The van der Waals surface area contributed by atoms with Gasteiger partial charge >= 0.3 is 6.09 Å². The number of amides is 1. The fourth-order valence-corrected chi connectivity index (χ4v) is 2.17. The van der Waals surface area contributed by atoms with Crippen molar-refractivity contribution in [1.29, 1.82) is 5.26 Å². The number of nitrogens with one attached hydrogen (secondary N) is 1. The number of rotatable bonds is 5. The van der Waals surface area contributed by atoms with Gasteiger partial charge in [0, 0.05) is 5.56 Å². The van der Waals surface area contributed by atoms with Gasteiger partial charge in [-0.15, -0.1) is 0 Å². The molecule has 0 radical (unpaired) electrons. The van der Waals surface area contributed by atoms with Gasteiger partial charge in [0.2, 0.25) is 0 Å². The van der Waals surface area contributed by atoms with E-state index < -0.39 is 12.0 Å². The first-order valence-electron chi connectivity index (χ1n) is 7.19. The number of nitriles is 1. The Morgan fingerprint density at radius 3 is 2.43 bits per heavy atom. The molecule has 23 heavy (non-hydrogen) atoms. The molecule has 1 atom stereocenters. The minimum Gasteiger partial charge on any atom is -0.450 e. The van der Waals surface area contributed by atoms with Gasteiger partial charge in [-0.25, -0.2) is 4.79 Å². The number of Topliss-reactive ketones (excluding diaryl/α,β-unsaturated/α-hetero) is 1. The van der Waals surface area contributed by atoms with Crippen molar-refractivity contribution < 1.29 is 14.3 Å². The molecule has 0 spiro atoms. The molecular weight excluding hydrogens is 292 g/mol. The molecule has 0 aliphatic rings. The van der Waals surface area contributed by atoms with Crippen molar-refractivity contribution in [3.05, 3.63) is 65.7 Å². The van der Waals surface area contributed by atoms with Crippen LogP contribution in [-0.2, 0) is 4.74 Å². The maximum atomic E-state index is 12.7. The molecule has 0 unspecified atom stereocenters. The summed E-state index contributed by atoms with van der Waals surface area (Å²) in [5.41, 5.74) is 1.22. The molecule has 0 fully saturated rings. The quantitative estimate of drug-likeness (QED) is 0.853. The summed E-state index contributed by atoms with van der Waals surface area (Å²) >= 11 is 0. The Hall–Kier alpha value is -3.13. The number of para-hydroxylation sites is 1. The van der Waals surface area contributed by atoms with Gasteiger partial charge in [0.05, 0.1) is 18.4 Å². The van der Waals surface area contributed by atoms with Gasteiger partial charge in [-0.3, -0.25) is 10.1 Å². The van der Waals surface area contributed by atoms with Crippen LogP contribution in [-0.4, -0.2) is 18.5 Å². The van der Waals surface area contributed by atoms with E-state index in [2.05, 4.69) is 5.32 Å². The molecule has 1 amide bonds. The summed E-state index contributed by atoms with van der Waals surface area (Å²) in [6.45, 7) is 1.92. The van der Waals surface area contributed by atoms with Gasteiger partial charge in [0.1, 0.15) is 5.92 Å². The summed E-state index contributed by atoms with van der Waals surface area (Å²) in [5.74, 6) is -1.30. The first-order chi connectivity index (χ1) is 11.2. The van der Waals surface area contributed by atoms with Crippen molar-refractivity contribution in [2.75, 3.05) is 11.9 Å². The van der Waals surface area contributed by atoms with E-state index in [0.29, 0.717) is 11.3 Å². The second-order valence-electron chi connectivity index (χ2n) is 4.73. The lowest BCUT2D eigenvalue weighted by Gasteiger charge is -2.13. The molecule has 2 rings (SSSR count). The molecule has 0 saturated heterocycles. The third kappa shape index (κ3) is 3.95. The molecule has 2 aromatic carbocycles. The number of carbonyl (C=O) groups is 2. The van der Waals surface area contributed by atoms with Crippen molar-refractivity contribution in [3.8, 4) is 6.07 Å². The standard InChI is InChI=1S/C18H16N2O3/c1-2-23-18(22)20-16-11-7-6-10-14(16)17(21)15(12-19)13-8-4-3-5-9-13/h3-11,15H,2H2,1H3,(H,20,22)/t15-/m1/s1. The second kappa shape index (κ2) is 7.76. The van der Waals surface area contributed by atoms with Gasteiger partial charge in [-0.05, 0) is 24.6 Å². The van der Waals surface area contributed by atoms with Crippen LogP contribution in [0.15, 0.2) is 54.6 Å². The van der Waals surface area contributed by atoms with Crippen molar-refractivity contribution in [2.24, 2.45) is 0 Å². The number of hydrogen-bond donors (Lipinski definition) is 1. The number of anilines is 1. The molecule has 0 aliphatic heterocycles. The molecule has 0 saturated carbocycles. The van der Waals surface area contributed by atoms with E-state index in [1.54, 1.807) is 55.5 Å². The van der Waals surface area contributed by atoms with Crippen molar-refractivity contribution in [2.45, 2.75) is 12.8 Å². The SMILES string of the molecule is CCOC(=O)Nc1ccccc1C(=O)[C@H](C#N)c1ccccc1. The molecule has 116 valence electrons. The maximum absolute atomic E-state index is 12.7. The minimum absolute atomic E-state index is 0.229. The van der Waals surface area contributed by atoms with Crippen LogP contribution in [0.4, 0.5) is 10.5 Å². The average Bonchev–Trinajstić information content (AvgIpc) is 2.57. The van der Waals surface area contributed by atoms with E-state index in [1.165, 1.54) is 0 Å². The van der Waals surface area contributed by atoms with E-state index >= 15 is 0 Å². The molecular formula is C18H16N2O3. The Balaban J connectivity index is 2.32. The monoisotopic (exact) mass is 308 g/mol. The normalized spacial score (nSPS) is 11.1. The van der Waals surface area contributed by atoms with Crippen LogP contribution < -0.4 is 5.32 Å². The Morgan fingerprint density at radius 2 is 1.78 bits per heavy atom. The average molecular weight is 308 g/mol. The first kappa shape index (κ1) is 16.2. The Bertz CT molecular complexity index is 735. The van der Waals surface area contributed by atoms with Crippen LogP contribution in [0.25, 0.3) is 0 Å². The van der Waals surface area contributed by atoms with Crippen LogP contribution >= 0.6 is 0 Å². The molecule has 5 heteroatoms. The first-order valence-corrected chi connectivity index (χ1v) is 7.19. The Morgan fingerprint density at radius 1 is 1.13 bits per heavy atom. The largest absolute Gasteiger partial charge is 0.450 e. The molecule has 0 aliphatic carbocycles. The van der Waals surface area contributed by atoms with Crippen LogP contribution in [0.5, 0.6) is 0 Å². The number of ketones is 1. The lowest BCUT2D eigenvalue weighted by Crippen LogP contribution is -2.18. The fourth-order valence-electron chi connectivity index (χ4n) is 2.17. The van der Waals surface area contributed by atoms with Crippen LogP contribution in [0.2, 0.25) is 0 Å². The molecule has 1 N–H and O–H groups in total. The molecule has 0 heterocycles. The molecule has 0 aromatic heterocycles. The molecule has 2 aromatic rings. The van der Waals surface area contributed by atoms with Gasteiger partial charge in [-0.1, -0.05) is 42.5 Å².